The Balaban J connectivity index is 0.00000288. The van der Waals surface area contributed by atoms with Gasteiger partial charge in [0.05, 0.1) is 0 Å². The molecule has 2 rings (SSSR count). The summed E-state index contributed by atoms with van der Waals surface area (Å²) in [5.74, 6) is 0.895. The predicted octanol–water partition coefficient (Wildman–Crippen LogP) is 6.01. The van der Waals surface area contributed by atoms with Crippen molar-refractivity contribution >= 4 is 24.0 Å². The third-order valence-corrected chi connectivity index (χ3v) is 4.03. The summed E-state index contributed by atoms with van der Waals surface area (Å²) in [6.45, 7) is 4.81. The molecule has 0 amide bonds. The molecule has 0 unspecified atom stereocenters. The number of benzene rings is 2. The van der Waals surface area contributed by atoms with E-state index in [4.69, 9.17) is 16.3 Å². The van der Waals surface area contributed by atoms with Gasteiger partial charge in [0.25, 0.3) is 0 Å². The second-order valence-electron chi connectivity index (χ2n) is 5.80. The number of hydrogen-bond acceptors (Lipinski definition) is 2. The Labute approximate surface area is 157 Å². The normalized spacial score (nSPS) is 10.2. The van der Waals surface area contributed by atoms with E-state index in [9.17, 15) is 0 Å². The van der Waals surface area contributed by atoms with Crippen LogP contribution >= 0.6 is 24.0 Å². The van der Waals surface area contributed by atoms with E-state index in [1.54, 1.807) is 0 Å². The van der Waals surface area contributed by atoms with Crippen molar-refractivity contribution in [3.63, 3.8) is 0 Å². The number of unbranched alkanes of at least 4 members (excludes halogenated alkanes) is 3. The van der Waals surface area contributed by atoms with Gasteiger partial charge in [-0.05, 0) is 48.4 Å². The fourth-order valence-corrected chi connectivity index (χ4v) is 2.49. The molecular weight excluding hydrogens is 341 g/mol. The van der Waals surface area contributed by atoms with Gasteiger partial charge in [0, 0.05) is 11.6 Å². The van der Waals surface area contributed by atoms with Crippen molar-refractivity contribution in [3.05, 3.63) is 64.7 Å². The first-order chi connectivity index (χ1) is 11.3. The van der Waals surface area contributed by atoms with Gasteiger partial charge < -0.3 is 10.1 Å². The van der Waals surface area contributed by atoms with Crippen LogP contribution in [0.25, 0.3) is 0 Å². The Morgan fingerprint density at radius 3 is 2.21 bits per heavy atom. The molecule has 0 radical (unpaired) electrons. The lowest BCUT2D eigenvalue weighted by molar-refractivity contribution is 0.306. The summed E-state index contributed by atoms with van der Waals surface area (Å²) in [6, 6.07) is 16.0. The largest absolute Gasteiger partial charge is 0.489 e. The van der Waals surface area contributed by atoms with Crippen LogP contribution in [-0.4, -0.2) is 6.54 Å². The molecule has 2 nitrogen and oxygen atoms in total. The second-order valence-corrected chi connectivity index (χ2v) is 6.23. The van der Waals surface area contributed by atoms with Crippen LogP contribution in [0, 0.1) is 0 Å². The molecule has 0 heterocycles. The Morgan fingerprint density at radius 2 is 1.54 bits per heavy atom. The molecule has 2 aromatic rings. The fraction of sp³-hybridized carbons (Fsp3) is 0.400. The monoisotopic (exact) mass is 367 g/mol. The summed E-state index contributed by atoms with van der Waals surface area (Å²) < 4.78 is 5.79. The quantitative estimate of drug-likeness (QED) is 0.519. The number of rotatable bonds is 10. The summed E-state index contributed by atoms with van der Waals surface area (Å²) in [4.78, 5) is 0. The minimum Gasteiger partial charge on any atom is -0.489 e. The maximum Gasteiger partial charge on any atom is 0.119 e. The Kier molecular flexibility index (Phi) is 10.6. The van der Waals surface area contributed by atoms with Crippen LogP contribution in [0.5, 0.6) is 5.75 Å². The minimum atomic E-state index is 0. The molecule has 4 heteroatoms. The second kappa shape index (κ2) is 12.2. The predicted molar refractivity (Wildman–Crippen MR) is 105 cm³/mol. The van der Waals surface area contributed by atoms with Crippen molar-refractivity contribution in [1.29, 1.82) is 0 Å². The molecule has 2 aromatic carbocycles. The van der Waals surface area contributed by atoms with Gasteiger partial charge in [0.1, 0.15) is 12.4 Å². The first-order valence-corrected chi connectivity index (χ1v) is 8.82. The molecule has 0 fully saturated rings. The highest BCUT2D eigenvalue weighted by molar-refractivity contribution is 6.30. The van der Waals surface area contributed by atoms with Crippen molar-refractivity contribution in [1.82, 2.24) is 5.32 Å². The summed E-state index contributed by atoms with van der Waals surface area (Å²) in [5.41, 5.74) is 2.41. The molecule has 0 spiro atoms. The number of nitrogens with one attached hydrogen (secondary N) is 1. The van der Waals surface area contributed by atoms with E-state index in [1.165, 1.54) is 31.2 Å². The van der Waals surface area contributed by atoms with Gasteiger partial charge >= 0.3 is 0 Å². The van der Waals surface area contributed by atoms with Crippen LogP contribution in [0.3, 0.4) is 0 Å². The minimum absolute atomic E-state index is 0. The first kappa shape index (κ1) is 20.8. The van der Waals surface area contributed by atoms with Crippen LogP contribution in [0.1, 0.15) is 43.7 Å². The number of hydrogen-bond donors (Lipinski definition) is 1. The molecule has 0 aliphatic rings. The molecule has 0 atom stereocenters. The van der Waals surface area contributed by atoms with E-state index < -0.39 is 0 Å². The summed E-state index contributed by atoms with van der Waals surface area (Å²) in [7, 11) is 0. The summed E-state index contributed by atoms with van der Waals surface area (Å²) in [5, 5.41) is 4.24. The van der Waals surface area contributed by atoms with Crippen LogP contribution in [-0.2, 0) is 13.2 Å². The lowest BCUT2D eigenvalue weighted by atomic mass is 10.2. The smallest absolute Gasteiger partial charge is 0.119 e. The van der Waals surface area contributed by atoms with Crippen molar-refractivity contribution in [2.24, 2.45) is 0 Å². The van der Waals surface area contributed by atoms with Crippen molar-refractivity contribution < 1.29 is 4.74 Å². The average molecular weight is 368 g/mol. The van der Waals surface area contributed by atoms with E-state index in [0.717, 1.165) is 29.4 Å². The number of ether oxygens (including phenoxy) is 1. The zero-order chi connectivity index (χ0) is 16.3. The molecule has 1 N–H and O–H groups in total. The SMILES string of the molecule is CCCCCCNCc1ccc(OCc2ccc(Cl)cc2)cc1.Cl. The summed E-state index contributed by atoms with van der Waals surface area (Å²) >= 11 is 5.88. The fourth-order valence-electron chi connectivity index (χ4n) is 2.36. The van der Waals surface area contributed by atoms with E-state index in [1.807, 2.05) is 36.4 Å². The molecule has 0 aliphatic heterocycles. The zero-order valence-corrected chi connectivity index (χ0v) is 15.8. The van der Waals surface area contributed by atoms with Crippen LogP contribution in [0.2, 0.25) is 5.02 Å². The van der Waals surface area contributed by atoms with E-state index in [0.29, 0.717) is 6.61 Å². The lowest BCUT2D eigenvalue weighted by Crippen LogP contribution is -2.14. The molecule has 0 saturated heterocycles. The van der Waals surface area contributed by atoms with Gasteiger partial charge in [-0.25, -0.2) is 0 Å². The first-order valence-electron chi connectivity index (χ1n) is 8.45. The Hall–Kier alpha value is -1.22. The standard InChI is InChI=1S/C20H26ClNO.ClH/c1-2-3-4-5-14-22-15-17-8-12-20(13-9-17)23-16-18-6-10-19(21)11-7-18;/h6-13,22H,2-5,14-16H2,1H3;1H. The number of halogens is 2. The van der Waals surface area contributed by atoms with Gasteiger partial charge in [-0.1, -0.05) is 62.1 Å². The van der Waals surface area contributed by atoms with Gasteiger partial charge in [-0.2, -0.15) is 0 Å². The van der Waals surface area contributed by atoms with Crippen molar-refractivity contribution in [2.75, 3.05) is 6.54 Å². The zero-order valence-electron chi connectivity index (χ0n) is 14.3. The molecule has 0 bridgehead atoms. The highest BCUT2D eigenvalue weighted by atomic mass is 35.5. The lowest BCUT2D eigenvalue weighted by Gasteiger charge is -2.08. The van der Waals surface area contributed by atoms with Crippen molar-refractivity contribution in [3.8, 4) is 5.75 Å². The molecule has 132 valence electrons. The molecular formula is C20H27Cl2NO. The van der Waals surface area contributed by atoms with E-state index >= 15 is 0 Å². The van der Waals surface area contributed by atoms with Gasteiger partial charge in [0.15, 0.2) is 0 Å². The maximum absolute atomic E-state index is 5.88. The highest BCUT2D eigenvalue weighted by Gasteiger charge is 1.98. The third-order valence-electron chi connectivity index (χ3n) is 3.78. The van der Waals surface area contributed by atoms with Crippen LogP contribution in [0.15, 0.2) is 48.5 Å². The highest BCUT2D eigenvalue weighted by Crippen LogP contribution is 2.15. The van der Waals surface area contributed by atoms with Gasteiger partial charge in [-0.3, -0.25) is 0 Å². The van der Waals surface area contributed by atoms with Gasteiger partial charge in [0.2, 0.25) is 0 Å². The maximum atomic E-state index is 5.88. The molecule has 0 saturated carbocycles. The molecule has 0 aromatic heterocycles. The van der Waals surface area contributed by atoms with Crippen molar-refractivity contribution in [2.45, 2.75) is 45.8 Å². The average Bonchev–Trinajstić information content (AvgIpc) is 2.58. The van der Waals surface area contributed by atoms with E-state index in [2.05, 4.69) is 24.4 Å². The Morgan fingerprint density at radius 1 is 0.875 bits per heavy atom. The molecule has 0 aliphatic carbocycles. The third kappa shape index (κ3) is 8.05. The van der Waals surface area contributed by atoms with Crippen LogP contribution in [0.4, 0.5) is 0 Å². The summed E-state index contributed by atoms with van der Waals surface area (Å²) in [6.07, 6.45) is 5.20. The topological polar surface area (TPSA) is 21.3 Å². The Bertz CT molecular complexity index is 555. The van der Waals surface area contributed by atoms with Crippen LogP contribution < -0.4 is 10.1 Å². The van der Waals surface area contributed by atoms with E-state index in [-0.39, 0.29) is 12.4 Å². The molecule has 24 heavy (non-hydrogen) atoms. The van der Waals surface area contributed by atoms with Gasteiger partial charge in [-0.15, -0.1) is 12.4 Å².